The molecule has 0 aromatic carbocycles. The Labute approximate surface area is 80.8 Å². The van der Waals surface area contributed by atoms with Crippen molar-refractivity contribution in [2.75, 3.05) is 5.34 Å². The van der Waals surface area contributed by atoms with Gasteiger partial charge >= 0.3 is 52.6 Å². The van der Waals surface area contributed by atoms with Crippen molar-refractivity contribution in [2.45, 2.75) is 6.42 Å². The first-order valence-corrected chi connectivity index (χ1v) is 4.80. The maximum atomic E-state index is 4.76. The fraction of sp³-hybridized carbons (Fsp3) is 0.333. The average molecular weight is 241 g/mol. The Morgan fingerprint density at radius 1 is 1.56 bits per heavy atom. The third kappa shape index (κ3) is 6.83. The monoisotopic (exact) mass is 239 g/mol. The minimum absolute atomic E-state index is 0.194. The molecule has 0 bridgehead atoms. The van der Waals surface area contributed by atoms with Crippen molar-refractivity contribution in [1.82, 2.24) is 0 Å². The van der Waals surface area contributed by atoms with E-state index in [1.807, 2.05) is 0 Å². The quantitative estimate of drug-likeness (QED) is 0.572. The molecule has 0 saturated heterocycles. The Morgan fingerprint density at radius 3 is 2.22 bits per heavy atom. The molecule has 0 atom stereocenters. The fourth-order valence-electron chi connectivity index (χ4n) is 0.447. The Morgan fingerprint density at radius 2 is 2.11 bits per heavy atom. The van der Waals surface area contributed by atoms with Crippen LogP contribution in [0, 0.1) is 0 Å². The molecule has 0 aromatic rings. The zero-order chi connectivity index (χ0) is 7.11. The molecule has 0 radical (unpaired) electrons. The Kier molecular flexibility index (Phi) is 7.79. The summed E-state index contributed by atoms with van der Waals surface area (Å²) in [5.41, 5.74) is 0. The zero-order valence-electron chi connectivity index (χ0n) is 4.90. The zero-order valence-corrected chi connectivity index (χ0v) is 8.87. The minimum atomic E-state index is 0.194. The summed E-state index contributed by atoms with van der Waals surface area (Å²) in [6.45, 7) is 0. The second-order valence-corrected chi connectivity index (χ2v) is 3.81. The van der Waals surface area contributed by atoms with Crippen molar-refractivity contribution in [1.29, 1.82) is 0 Å². The van der Waals surface area contributed by atoms with Crippen molar-refractivity contribution >= 4 is 23.2 Å². The molecule has 0 saturated carbocycles. The van der Waals surface area contributed by atoms with E-state index in [0.29, 0.717) is 0 Å². The molecule has 0 spiro atoms. The van der Waals surface area contributed by atoms with Gasteiger partial charge in [0.25, 0.3) is 0 Å². The van der Waals surface area contributed by atoms with Crippen LogP contribution in [0.4, 0.5) is 0 Å². The molecule has 1 aliphatic carbocycles. The van der Waals surface area contributed by atoms with Crippen LogP contribution in [-0.2, 0) is 24.7 Å². The molecule has 0 fully saturated rings. The van der Waals surface area contributed by atoms with Gasteiger partial charge in [0, 0.05) is 0 Å². The van der Waals surface area contributed by atoms with Crippen LogP contribution in [0.25, 0.3) is 0 Å². The first-order chi connectivity index (χ1) is 4.31. The molecule has 0 heterocycles. The molecule has 49 valence electrons. The van der Waals surface area contributed by atoms with Crippen LogP contribution in [-0.4, -0.2) is 5.34 Å². The van der Waals surface area contributed by atoms with Crippen molar-refractivity contribution in [3.8, 4) is 0 Å². The summed E-state index contributed by atoms with van der Waals surface area (Å²) in [5.74, 6) is 0. The topological polar surface area (TPSA) is 0 Å². The third-order valence-corrected chi connectivity index (χ3v) is 1.68. The summed E-state index contributed by atoms with van der Waals surface area (Å²) >= 11 is 11.1. The van der Waals surface area contributed by atoms with Gasteiger partial charge in [0.1, 0.15) is 0 Å². The third-order valence-electron chi connectivity index (χ3n) is 0.771. The summed E-state index contributed by atoms with van der Waals surface area (Å²) in [6, 6.07) is 0. The van der Waals surface area contributed by atoms with Crippen LogP contribution < -0.4 is 0 Å². The molecule has 3 heteroatoms. The van der Waals surface area contributed by atoms with Crippen LogP contribution >= 0.6 is 23.2 Å². The molecular formula is C6H7Cl2Zr. The van der Waals surface area contributed by atoms with Gasteiger partial charge in [-0.2, -0.15) is 0 Å². The predicted molar refractivity (Wildman–Crippen MR) is 38.4 cm³/mol. The number of hydrogen-bond acceptors (Lipinski definition) is 0. The molecule has 1 aliphatic rings. The van der Waals surface area contributed by atoms with Gasteiger partial charge in [0.15, 0.2) is 0 Å². The van der Waals surface area contributed by atoms with E-state index in [2.05, 4.69) is 18.2 Å². The summed E-state index contributed by atoms with van der Waals surface area (Å²) in [4.78, 5) is 0. The van der Waals surface area contributed by atoms with Gasteiger partial charge in [-0.3, -0.25) is 0 Å². The van der Waals surface area contributed by atoms with Gasteiger partial charge in [-0.15, -0.1) is 23.2 Å². The van der Waals surface area contributed by atoms with E-state index >= 15 is 0 Å². The Hall–Kier alpha value is 0.943. The van der Waals surface area contributed by atoms with E-state index in [4.69, 9.17) is 23.2 Å². The molecule has 0 aliphatic heterocycles. The number of rotatable bonds is 0. The molecule has 0 amide bonds. The number of halogens is 2. The van der Waals surface area contributed by atoms with E-state index in [9.17, 15) is 0 Å². The van der Waals surface area contributed by atoms with E-state index in [1.54, 1.807) is 28.0 Å². The summed E-state index contributed by atoms with van der Waals surface area (Å²) in [5, 5.41) is 0.194. The van der Waals surface area contributed by atoms with Crippen molar-refractivity contribution in [2.24, 2.45) is 0 Å². The molecule has 1 rings (SSSR count). The summed E-state index contributed by atoms with van der Waals surface area (Å²) in [6.07, 6.45) is 7.69. The average Bonchev–Trinajstić information content (AvgIpc) is 2.20. The second-order valence-electron chi connectivity index (χ2n) is 1.43. The number of alkyl halides is 2. The van der Waals surface area contributed by atoms with Crippen molar-refractivity contribution in [3.63, 3.8) is 0 Å². The maximum absolute atomic E-state index is 4.76. The Bertz CT molecular complexity index is 118. The fourth-order valence-corrected chi connectivity index (χ4v) is 0.973. The standard InChI is InChI=1S/C5H5.CH2Cl2.Zr/c1-2-4-5-3-1;2-1-3;/h1-3H,4H2;1H2;. The van der Waals surface area contributed by atoms with E-state index in [0.717, 1.165) is 0 Å². The first-order valence-electron chi connectivity index (χ1n) is 2.50. The molecule has 0 aromatic heterocycles. The summed E-state index contributed by atoms with van der Waals surface area (Å²) in [7, 11) is 0. The number of hydrogen-bond donors (Lipinski definition) is 0. The second kappa shape index (κ2) is 7.05. The van der Waals surface area contributed by atoms with Gasteiger partial charge in [-0.1, -0.05) is 0 Å². The van der Waals surface area contributed by atoms with Crippen LogP contribution in [0.15, 0.2) is 21.5 Å². The van der Waals surface area contributed by atoms with Crippen molar-refractivity contribution < 1.29 is 24.7 Å². The van der Waals surface area contributed by atoms with Crippen LogP contribution in [0.2, 0.25) is 0 Å². The SMILES string of the molecule is ClCCl.[Zr][C]1=CC=CC1. The normalized spacial score (nSPS) is 14.1. The first kappa shape index (κ1) is 9.94. The van der Waals surface area contributed by atoms with Crippen LogP contribution in [0.5, 0.6) is 0 Å². The van der Waals surface area contributed by atoms with Gasteiger partial charge in [0.05, 0.1) is 5.34 Å². The van der Waals surface area contributed by atoms with E-state index in [-0.39, 0.29) is 5.34 Å². The van der Waals surface area contributed by atoms with Crippen LogP contribution in [0.3, 0.4) is 0 Å². The summed E-state index contributed by atoms with van der Waals surface area (Å²) < 4.78 is 1.56. The number of allylic oxidation sites excluding steroid dienone is 4. The van der Waals surface area contributed by atoms with Crippen LogP contribution in [0.1, 0.15) is 6.42 Å². The van der Waals surface area contributed by atoms with E-state index in [1.165, 1.54) is 6.42 Å². The molecule has 9 heavy (non-hydrogen) atoms. The van der Waals surface area contributed by atoms with Gasteiger partial charge in [-0.25, -0.2) is 0 Å². The molecular weight excluding hydrogens is 234 g/mol. The molecule has 0 nitrogen and oxygen atoms in total. The molecule has 0 unspecified atom stereocenters. The van der Waals surface area contributed by atoms with Gasteiger partial charge in [-0.05, 0) is 0 Å². The van der Waals surface area contributed by atoms with Crippen molar-refractivity contribution in [3.05, 3.63) is 21.5 Å². The Balaban J connectivity index is 0.000000187. The predicted octanol–water partition coefficient (Wildman–Crippen LogP) is 2.80. The van der Waals surface area contributed by atoms with E-state index < -0.39 is 0 Å². The molecule has 0 N–H and O–H groups in total. The van der Waals surface area contributed by atoms with Gasteiger partial charge in [0.2, 0.25) is 0 Å². The van der Waals surface area contributed by atoms with Gasteiger partial charge < -0.3 is 0 Å².